The lowest BCUT2D eigenvalue weighted by atomic mass is 9.69. The van der Waals surface area contributed by atoms with Gasteiger partial charge in [-0.25, -0.2) is 0 Å². The summed E-state index contributed by atoms with van der Waals surface area (Å²) in [5.41, 5.74) is 6.88. The number of para-hydroxylation sites is 1. The van der Waals surface area contributed by atoms with Crippen LogP contribution in [0, 0.1) is 12.8 Å². The number of fused-ring (bicyclic) bond motifs is 5. The standard InChI is InChI=1S/C20H23NO2/c1-12-5-4-6-15-19-14(11-21-20(12)15)8-7-13-9-17(22-2)18(23-3)10-16(13)19/h4-6,9-10,14,19,21H,7-8,11H2,1-3H3/t14-,19+/m0/s1. The fourth-order valence-corrected chi connectivity index (χ4v) is 4.27. The van der Waals surface area contributed by atoms with Crippen molar-refractivity contribution in [1.82, 2.24) is 0 Å². The molecule has 3 heteroatoms. The quantitative estimate of drug-likeness (QED) is 0.904. The zero-order valence-electron chi connectivity index (χ0n) is 14.0. The number of ether oxygens (including phenoxy) is 2. The van der Waals surface area contributed by atoms with Crippen molar-refractivity contribution in [3.63, 3.8) is 0 Å². The number of benzene rings is 2. The van der Waals surface area contributed by atoms with Crippen LogP contribution < -0.4 is 14.8 Å². The van der Waals surface area contributed by atoms with E-state index in [0.29, 0.717) is 11.8 Å². The molecule has 0 amide bonds. The van der Waals surface area contributed by atoms with Gasteiger partial charge in [0.05, 0.1) is 14.2 Å². The van der Waals surface area contributed by atoms with Crippen molar-refractivity contribution in [2.75, 3.05) is 26.1 Å². The van der Waals surface area contributed by atoms with Gasteiger partial charge in [0.1, 0.15) is 0 Å². The molecule has 120 valence electrons. The molecule has 1 aliphatic heterocycles. The first-order valence-corrected chi connectivity index (χ1v) is 8.31. The first-order valence-electron chi connectivity index (χ1n) is 8.31. The molecule has 0 fully saturated rings. The Hall–Kier alpha value is -2.16. The molecule has 2 aromatic carbocycles. The summed E-state index contributed by atoms with van der Waals surface area (Å²) in [6, 6.07) is 11.0. The highest BCUT2D eigenvalue weighted by molar-refractivity contribution is 5.64. The Balaban J connectivity index is 1.90. The SMILES string of the molecule is COc1cc2c(cc1OC)[C@H]1c3cccc(C)c3NC[C@@H]1CC2. The summed E-state index contributed by atoms with van der Waals surface area (Å²) in [7, 11) is 3.42. The van der Waals surface area contributed by atoms with Crippen LogP contribution in [0.2, 0.25) is 0 Å². The molecule has 2 aliphatic rings. The van der Waals surface area contributed by atoms with Gasteiger partial charge < -0.3 is 14.8 Å². The van der Waals surface area contributed by atoms with Crippen molar-refractivity contribution in [2.45, 2.75) is 25.7 Å². The van der Waals surface area contributed by atoms with E-state index in [2.05, 4.69) is 42.6 Å². The smallest absolute Gasteiger partial charge is 0.161 e. The van der Waals surface area contributed by atoms with E-state index in [-0.39, 0.29) is 0 Å². The van der Waals surface area contributed by atoms with E-state index >= 15 is 0 Å². The van der Waals surface area contributed by atoms with Gasteiger partial charge in [0, 0.05) is 18.2 Å². The second kappa shape index (κ2) is 5.48. The molecule has 1 N–H and O–H groups in total. The van der Waals surface area contributed by atoms with Crippen molar-refractivity contribution in [1.29, 1.82) is 0 Å². The third-order valence-electron chi connectivity index (χ3n) is 5.42. The molecule has 0 aromatic heterocycles. The van der Waals surface area contributed by atoms with Gasteiger partial charge in [0.25, 0.3) is 0 Å². The average Bonchev–Trinajstić information content (AvgIpc) is 2.60. The first kappa shape index (κ1) is 14.4. The van der Waals surface area contributed by atoms with Crippen LogP contribution in [0.5, 0.6) is 11.5 Å². The van der Waals surface area contributed by atoms with Crippen LogP contribution in [0.25, 0.3) is 0 Å². The number of hydrogen-bond acceptors (Lipinski definition) is 3. The van der Waals surface area contributed by atoms with E-state index in [0.717, 1.165) is 24.5 Å². The minimum absolute atomic E-state index is 0.453. The fourth-order valence-electron chi connectivity index (χ4n) is 4.27. The van der Waals surface area contributed by atoms with Crippen LogP contribution >= 0.6 is 0 Å². The molecule has 2 atom stereocenters. The van der Waals surface area contributed by atoms with E-state index in [4.69, 9.17) is 9.47 Å². The minimum Gasteiger partial charge on any atom is -0.493 e. The van der Waals surface area contributed by atoms with Gasteiger partial charge in [0.2, 0.25) is 0 Å². The maximum absolute atomic E-state index is 5.55. The van der Waals surface area contributed by atoms with Crippen LogP contribution in [0.3, 0.4) is 0 Å². The molecule has 0 saturated heterocycles. The fraction of sp³-hybridized carbons (Fsp3) is 0.400. The summed E-state index contributed by atoms with van der Waals surface area (Å²) in [4.78, 5) is 0. The topological polar surface area (TPSA) is 30.5 Å². The lowest BCUT2D eigenvalue weighted by Gasteiger charge is -2.40. The number of rotatable bonds is 2. The number of methoxy groups -OCH3 is 2. The number of hydrogen-bond donors (Lipinski definition) is 1. The Bertz CT molecular complexity index is 754. The summed E-state index contributed by atoms with van der Waals surface area (Å²) < 4.78 is 11.0. The van der Waals surface area contributed by atoms with Crippen LogP contribution in [0.4, 0.5) is 5.69 Å². The highest BCUT2D eigenvalue weighted by atomic mass is 16.5. The van der Waals surface area contributed by atoms with Crippen LogP contribution in [0.15, 0.2) is 30.3 Å². The largest absolute Gasteiger partial charge is 0.493 e. The Kier molecular flexibility index (Phi) is 3.44. The summed E-state index contributed by atoms with van der Waals surface area (Å²) in [5.74, 6) is 2.77. The van der Waals surface area contributed by atoms with Gasteiger partial charge in [-0.2, -0.15) is 0 Å². The van der Waals surface area contributed by atoms with Crippen LogP contribution in [0.1, 0.15) is 34.6 Å². The van der Waals surface area contributed by atoms with E-state index in [9.17, 15) is 0 Å². The average molecular weight is 309 g/mol. The van der Waals surface area contributed by atoms with E-state index in [1.807, 2.05) is 0 Å². The highest BCUT2D eigenvalue weighted by Crippen LogP contribution is 2.49. The zero-order valence-corrected chi connectivity index (χ0v) is 14.0. The van der Waals surface area contributed by atoms with Gasteiger partial charge >= 0.3 is 0 Å². The summed E-state index contributed by atoms with van der Waals surface area (Å²) in [6.45, 7) is 3.24. The molecule has 1 heterocycles. The lowest BCUT2D eigenvalue weighted by Crippen LogP contribution is -2.32. The van der Waals surface area contributed by atoms with Crippen LogP contribution in [-0.4, -0.2) is 20.8 Å². The van der Waals surface area contributed by atoms with E-state index in [1.54, 1.807) is 14.2 Å². The molecule has 4 rings (SSSR count). The summed E-state index contributed by atoms with van der Waals surface area (Å²) in [5, 5.41) is 3.66. The molecule has 23 heavy (non-hydrogen) atoms. The van der Waals surface area contributed by atoms with Crippen molar-refractivity contribution < 1.29 is 9.47 Å². The van der Waals surface area contributed by atoms with Crippen molar-refractivity contribution in [2.24, 2.45) is 5.92 Å². The Morgan fingerprint density at radius 2 is 1.83 bits per heavy atom. The summed E-state index contributed by atoms with van der Waals surface area (Å²) in [6.07, 6.45) is 2.33. The minimum atomic E-state index is 0.453. The molecule has 0 radical (unpaired) electrons. The molecule has 3 nitrogen and oxygen atoms in total. The Morgan fingerprint density at radius 3 is 2.61 bits per heavy atom. The lowest BCUT2D eigenvalue weighted by molar-refractivity contribution is 0.350. The number of aryl methyl sites for hydroxylation is 2. The Morgan fingerprint density at radius 1 is 1.04 bits per heavy atom. The molecule has 0 bridgehead atoms. The van der Waals surface area contributed by atoms with Gasteiger partial charge in [-0.1, -0.05) is 18.2 Å². The normalized spacial score (nSPS) is 21.5. The maximum atomic E-state index is 5.55. The molecule has 2 aromatic rings. The van der Waals surface area contributed by atoms with Crippen molar-refractivity contribution in [3.8, 4) is 11.5 Å². The van der Waals surface area contributed by atoms with E-state index < -0.39 is 0 Å². The molecule has 0 spiro atoms. The predicted octanol–water partition coefficient (Wildman–Crippen LogP) is 4.13. The highest BCUT2D eigenvalue weighted by Gasteiger charge is 2.36. The van der Waals surface area contributed by atoms with Crippen molar-refractivity contribution >= 4 is 5.69 Å². The molecular weight excluding hydrogens is 286 g/mol. The summed E-state index contributed by atoms with van der Waals surface area (Å²) >= 11 is 0. The maximum Gasteiger partial charge on any atom is 0.161 e. The van der Waals surface area contributed by atoms with Crippen LogP contribution in [-0.2, 0) is 6.42 Å². The second-order valence-electron chi connectivity index (χ2n) is 6.60. The molecule has 0 unspecified atom stereocenters. The predicted molar refractivity (Wildman–Crippen MR) is 92.9 cm³/mol. The second-order valence-corrected chi connectivity index (χ2v) is 6.60. The van der Waals surface area contributed by atoms with E-state index in [1.165, 1.54) is 34.4 Å². The third kappa shape index (κ3) is 2.18. The first-order chi connectivity index (χ1) is 11.2. The number of nitrogens with one attached hydrogen (secondary N) is 1. The Labute approximate surface area is 137 Å². The van der Waals surface area contributed by atoms with Gasteiger partial charge in [0.15, 0.2) is 11.5 Å². The zero-order chi connectivity index (χ0) is 16.0. The molecule has 1 aliphatic carbocycles. The van der Waals surface area contributed by atoms with Crippen molar-refractivity contribution in [3.05, 3.63) is 52.6 Å². The number of anilines is 1. The van der Waals surface area contributed by atoms with Gasteiger partial charge in [-0.15, -0.1) is 0 Å². The monoisotopic (exact) mass is 309 g/mol. The third-order valence-corrected chi connectivity index (χ3v) is 5.42. The molecular formula is C20H23NO2. The molecule has 0 saturated carbocycles. The van der Waals surface area contributed by atoms with Gasteiger partial charge in [-0.05, 0) is 60.1 Å². The van der Waals surface area contributed by atoms with Gasteiger partial charge in [-0.3, -0.25) is 0 Å².